The van der Waals surface area contributed by atoms with Crippen molar-refractivity contribution in [2.75, 3.05) is 23.7 Å². The number of carbonyl (C=O) groups excluding carboxylic acids is 1. The van der Waals surface area contributed by atoms with Crippen molar-refractivity contribution in [1.82, 2.24) is 19.9 Å². The molecule has 1 saturated heterocycles. The van der Waals surface area contributed by atoms with Gasteiger partial charge in [0.2, 0.25) is 17.7 Å². The predicted octanol–water partition coefficient (Wildman–Crippen LogP) is 6.67. The first-order chi connectivity index (χ1) is 21.9. The number of aromatic nitrogens is 3. The number of ether oxygens (including phenoxy) is 1. The van der Waals surface area contributed by atoms with Crippen LogP contribution < -0.4 is 15.4 Å². The molecule has 3 heterocycles. The van der Waals surface area contributed by atoms with E-state index in [1.807, 2.05) is 37.3 Å². The van der Waals surface area contributed by atoms with Crippen molar-refractivity contribution in [3.63, 3.8) is 0 Å². The summed E-state index contributed by atoms with van der Waals surface area (Å²) in [6, 6.07) is 20.9. The van der Waals surface area contributed by atoms with Crippen LogP contribution in [0.4, 0.5) is 20.8 Å². The van der Waals surface area contributed by atoms with Gasteiger partial charge in [0, 0.05) is 48.0 Å². The molecule has 0 aliphatic carbocycles. The third kappa shape index (κ3) is 6.67. The SMILES string of the molecule is Cc1ccc2c(NC(=O)Cc3ccccc3F)cccc2c1Oc1ncccc1-c1ccnc(NC2CCCN(C(=O)O)C2)n1. The van der Waals surface area contributed by atoms with E-state index in [4.69, 9.17) is 9.72 Å². The molecule has 1 aliphatic rings. The smallest absolute Gasteiger partial charge is 0.407 e. The van der Waals surface area contributed by atoms with Crippen LogP contribution in [0.2, 0.25) is 0 Å². The Morgan fingerprint density at radius 2 is 1.87 bits per heavy atom. The highest BCUT2D eigenvalue weighted by atomic mass is 19.1. The number of fused-ring (bicyclic) bond motifs is 1. The van der Waals surface area contributed by atoms with Crippen LogP contribution in [0.25, 0.3) is 22.0 Å². The van der Waals surface area contributed by atoms with Crippen molar-refractivity contribution in [2.45, 2.75) is 32.2 Å². The Labute approximate surface area is 258 Å². The number of piperidine rings is 1. The summed E-state index contributed by atoms with van der Waals surface area (Å²) in [5.74, 6) is 0.535. The molecule has 1 fully saturated rings. The molecule has 5 aromatic rings. The highest BCUT2D eigenvalue weighted by Crippen LogP contribution is 2.38. The second-order valence-electron chi connectivity index (χ2n) is 10.9. The van der Waals surface area contributed by atoms with Crippen LogP contribution in [0, 0.1) is 12.7 Å². The topological polar surface area (TPSA) is 130 Å². The number of halogens is 1. The summed E-state index contributed by atoms with van der Waals surface area (Å²) in [5.41, 5.74) is 2.99. The predicted molar refractivity (Wildman–Crippen MR) is 169 cm³/mol. The standard InChI is InChI=1S/C34H31FN6O4/c1-21-13-14-24-25(9-4-12-28(24)39-30(42)19-22-7-2-3-11-27(22)35)31(21)45-32-26(10-5-16-36-32)29-15-17-37-33(40-29)38-23-8-6-18-41(20-23)34(43)44/h2-5,7,9-17,23H,6,8,18-20H2,1H3,(H,39,42)(H,43,44)(H,37,38,40). The monoisotopic (exact) mass is 606 g/mol. The molecule has 2 aromatic heterocycles. The lowest BCUT2D eigenvalue weighted by atomic mass is 10.0. The van der Waals surface area contributed by atoms with Crippen molar-refractivity contribution in [1.29, 1.82) is 0 Å². The summed E-state index contributed by atoms with van der Waals surface area (Å²) in [6.07, 6.45) is 3.81. The van der Waals surface area contributed by atoms with Gasteiger partial charge in [-0.15, -0.1) is 0 Å². The van der Waals surface area contributed by atoms with Crippen molar-refractivity contribution < 1.29 is 23.8 Å². The van der Waals surface area contributed by atoms with Crippen LogP contribution in [-0.4, -0.2) is 56.1 Å². The van der Waals surface area contributed by atoms with Gasteiger partial charge in [0.1, 0.15) is 11.6 Å². The zero-order chi connectivity index (χ0) is 31.3. The molecule has 3 N–H and O–H groups in total. The van der Waals surface area contributed by atoms with Gasteiger partial charge in [-0.2, -0.15) is 0 Å². The minimum absolute atomic E-state index is 0.0933. The quantitative estimate of drug-likeness (QED) is 0.179. The lowest BCUT2D eigenvalue weighted by Crippen LogP contribution is -2.44. The summed E-state index contributed by atoms with van der Waals surface area (Å²) >= 11 is 0. The number of hydrogen-bond donors (Lipinski definition) is 3. The molecule has 6 rings (SSSR count). The van der Waals surface area contributed by atoms with Gasteiger partial charge in [-0.25, -0.2) is 24.1 Å². The molecule has 11 heteroatoms. The molecule has 2 amide bonds. The van der Waals surface area contributed by atoms with Crippen molar-refractivity contribution in [2.24, 2.45) is 0 Å². The summed E-state index contributed by atoms with van der Waals surface area (Å²) in [6.45, 7) is 2.80. The zero-order valence-corrected chi connectivity index (χ0v) is 24.5. The molecule has 10 nitrogen and oxygen atoms in total. The molecule has 45 heavy (non-hydrogen) atoms. The molecule has 0 bridgehead atoms. The van der Waals surface area contributed by atoms with Crippen molar-refractivity contribution >= 4 is 34.4 Å². The Kier molecular flexibility index (Phi) is 8.50. The molecule has 0 saturated carbocycles. The minimum atomic E-state index is -0.936. The van der Waals surface area contributed by atoms with Gasteiger partial charge in [-0.1, -0.05) is 42.5 Å². The lowest BCUT2D eigenvalue weighted by molar-refractivity contribution is -0.115. The highest BCUT2D eigenvalue weighted by Gasteiger charge is 2.24. The number of rotatable bonds is 8. The summed E-state index contributed by atoms with van der Waals surface area (Å²) in [7, 11) is 0. The molecule has 228 valence electrons. The van der Waals surface area contributed by atoms with E-state index in [0.717, 1.165) is 29.2 Å². The summed E-state index contributed by atoms with van der Waals surface area (Å²) in [5, 5.41) is 17.1. The fourth-order valence-electron chi connectivity index (χ4n) is 5.49. The van der Waals surface area contributed by atoms with Crippen LogP contribution >= 0.6 is 0 Å². The van der Waals surface area contributed by atoms with E-state index in [2.05, 4.69) is 20.6 Å². The molecule has 0 radical (unpaired) electrons. The number of nitrogens with zero attached hydrogens (tertiary/aromatic N) is 4. The van der Waals surface area contributed by atoms with E-state index in [-0.39, 0.29) is 18.4 Å². The average molecular weight is 607 g/mol. The van der Waals surface area contributed by atoms with Crippen LogP contribution in [-0.2, 0) is 11.2 Å². The number of carboxylic acid groups (broad SMARTS) is 1. The Morgan fingerprint density at radius 3 is 2.71 bits per heavy atom. The Balaban J connectivity index is 1.26. The fraction of sp³-hybridized carbons (Fsp3) is 0.206. The zero-order valence-electron chi connectivity index (χ0n) is 24.5. The van der Waals surface area contributed by atoms with Gasteiger partial charge < -0.3 is 25.4 Å². The number of likely N-dealkylation sites (tertiary alicyclic amines) is 1. The minimum Gasteiger partial charge on any atom is -0.465 e. The lowest BCUT2D eigenvalue weighted by Gasteiger charge is -2.31. The van der Waals surface area contributed by atoms with E-state index < -0.39 is 11.9 Å². The maximum Gasteiger partial charge on any atom is 0.407 e. The van der Waals surface area contributed by atoms with E-state index in [9.17, 15) is 19.1 Å². The first-order valence-electron chi connectivity index (χ1n) is 14.6. The largest absolute Gasteiger partial charge is 0.465 e. The molecule has 3 aromatic carbocycles. The molecule has 1 aliphatic heterocycles. The number of amides is 2. The number of benzene rings is 3. The number of carbonyl (C=O) groups is 2. The second kappa shape index (κ2) is 13.0. The van der Waals surface area contributed by atoms with Gasteiger partial charge in [0.25, 0.3) is 0 Å². The normalized spacial score (nSPS) is 14.6. The first kappa shape index (κ1) is 29.5. The number of anilines is 2. The number of aryl methyl sites for hydroxylation is 1. The van der Waals surface area contributed by atoms with Crippen molar-refractivity contribution in [3.8, 4) is 22.9 Å². The third-order valence-corrected chi connectivity index (χ3v) is 7.72. The van der Waals surface area contributed by atoms with E-state index >= 15 is 0 Å². The molecule has 0 spiro atoms. The maximum atomic E-state index is 14.1. The van der Waals surface area contributed by atoms with Crippen molar-refractivity contribution in [3.05, 3.63) is 102 Å². The summed E-state index contributed by atoms with van der Waals surface area (Å²) < 4.78 is 20.6. The maximum absolute atomic E-state index is 14.1. The average Bonchev–Trinajstić information content (AvgIpc) is 3.04. The Bertz CT molecular complexity index is 1880. The van der Waals surface area contributed by atoms with Crippen LogP contribution in [0.3, 0.4) is 0 Å². The Hall–Kier alpha value is -5.58. The molecule has 1 atom stereocenters. The van der Waals surface area contributed by atoms with Gasteiger partial charge in [0.05, 0.1) is 17.7 Å². The second-order valence-corrected chi connectivity index (χ2v) is 10.9. The third-order valence-electron chi connectivity index (χ3n) is 7.72. The van der Waals surface area contributed by atoms with Gasteiger partial charge >= 0.3 is 6.09 Å². The van der Waals surface area contributed by atoms with Crippen LogP contribution in [0.15, 0.2) is 85.2 Å². The molecular weight excluding hydrogens is 575 g/mol. The molecular formula is C34H31FN6O4. The number of pyridine rings is 1. The van der Waals surface area contributed by atoms with E-state index in [0.29, 0.717) is 53.2 Å². The number of nitrogens with one attached hydrogen (secondary N) is 2. The first-order valence-corrected chi connectivity index (χ1v) is 14.6. The van der Waals surface area contributed by atoms with Gasteiger partial charge in [0.15, 0.2) is 0 Å². The van der Waals surface area contributed by atoms with Gasteiger partial charge in [-0.05, 0) is 61.2 Å². The highest BCUT2D eigenvalue weighted by molar-refractivity contribution is 6.05. The van der Waals surface area contributed by atoms with Crippen LogP contribution in [0.5, 0.6) is 11.6 Å². The Morgan fingerprint density at radius 1 is 1.00 bits per heavy atom. The van der Waals surface area contributed by atoms with E-state index in [1.165, 1.54) is 11.0 Å². The fourth-order valence-corrected chi connectivity index (χ4v) is 5.49. The van der Waals surface area contributed by atoms with E-state index in [1.54, 1.807) is 48.8 Å². The van der Waals surface area contributed by atoms with Gasteiger partial charge in [-0.3, -0.25) is 4.79 Å². The molecule has 1 unspecified atom stereocenters. The number of hydrogen-bond acceptors (Lipinski definition) is 7. The summed E-state index contributed by atoms with van der Waals surface area (Å²) in [4.78, 5) is 39.3. The van der Waals surface area contributed by atoms with Crippen LogP contribution in [0.1, 0.15) is 24.0 Å².